The number of nitro groups is 1. The molecular formula is C19H16N3O4S-. The second-order valence-electron chi connectivity index (χ2n) is 6.80. The zero-order valence-electron chi connectivity index (χ0n) is 14.5. The van der Waals surface area contributed by atoms with E-state index >= 15 is 0 Å². The molecule has 1 N–H and O–H groups in total. The summed E-state index contributed by atoms with van der Waals surface area (Å²) in [5.74, 6) is 0.361. The summed E-state index contributed by atoms with van der Waals surface area (Å²) in [7, 11) is 0. The molecule has 0 bridgehead atoms. The van der Waals surface area contributed by atoms with E-state index < -0.39 is 16.4 Å². The molecule has 4 rings (SSSR count). The number of aromatic amines is 1. The Morgan fingerprint density at radius 2 is 2.19 bits per heavy atom. The zero-order valence-corrected chi connectivity index (χ0v) is 15.3. The number of H-pyrrole nitrogens is 1. The van der Waals surface area contributed by atoms with Gasteiger partial charge in [-0.2, -0.15) is 0 Å². The van der Waals surface area contributed by atoms with Crippen LogP contribution in [0.1, 0.15) is 35.2 Å². The number of nitro benzene ring substituents is 1. The number of hydrogen-bond acceptors (Lipinski definition) is 6. The van der Waals surface area contributed by atoms with E-state index in [0.717, 1.165) is 35.7 Å². The molecule has 0 amide bonds. The molecule has 138 valence electrons. The number of thiophene rings is 1. The number of aromatic nitrogens is 2. The molecule has 1 aromatic carbocycles. The number of hydrogen-bond donors (Lipinski definition) is 1. The maximum absolute atomic E-state index is 12.6. The molecule has 0 fully saturated rings. The van der Waals surface area contributed by atoms with Crippen LogP contribution in [0.15, 0.2) is 23.0 Å². The lowest BCUT2D eigenvalue weighted by Crippen LogP contribution is -2.13. The lowest BCUT2D eigenvalue weighted by molar-refractivity contribution is -0.398. The Labute approximate surface area is 158 Å². The molecule has 7 nitrogen and oxygen atoms in total. The van der Waals surface area contributed by atoms with Gasteiger partial charge in [-0.25, -0.2) is 4.98 Å². The van der Waals surface area contributed by atoms with Gasteiger partial charge in [0.1, 0.15) is 10.7 Å². The number of aryl methyl sites for hydroxylation is 1. The van der Waals surface area contributed by atoms with Gasteiger partial charge in [-0.1, -0.05) is 25.1 Å². The Balaban J connectivity index is 1.71. The molecule has 1 atom stereocenters. The normalized spacial score (nSPS) is 16.7. The average Bonchev–Trinajstić information content (AvgIpc) is 2.98. The van der Waals surface area contributed by atoms with Crippen LogP contribution in [0, 0.1) is 16.0 Å². The molecule has 0 aliphatic heterocycles. The minimum absolute atomic E-state index is 0.160. The van der Waals surface area contributed by atoms with Crippen molar-refractivity contribution < 1.29 is 10.0 Å². The van der Waals surface area contributed by atoms with Gasteiger partial charge in [0.2, 0.25) is 0 Å². The molecule has 1 aliphatic carbocycles. The van der Waals surface area contributed by atoms with Gasteiger partial charge in [0, 0.05) is 10.9 Å². The third-order valence-corrected chi connectivity index (χ3v) is 5.95. The summed E-state index contributed by atoms with van der Waals surface area (Å²) in [6.07, 6.45) is 6.14. The summed E-state index contributed by atoms with van der Waals surface area (Å²) in [6.45, 7) is 2.21. The smallest absolute Gasteiger partial charge is 0.262 e. The van der Waals surface area contributed by atoms with Crippen molar-refractivity contribution in [1.29, 1.82) is 0 Å². The maximum atomic E-state index is 12.6. The van der Waals surface area contributed by atoms with E-state index in [4.69, 9.17) is 0 Å². The lowest BCUT2D eigenvalue weighted by Gasteiger charge is -2.17. The summed E-state index contributed by atoms with van der Waals surface area (Å²) < 4.78 is 0. The van der Waals surface area contributed by atoms with Crippen LogP contribution in [0.3, 0.4) is 0 Å². The molecule has 27 heavy (non-hydrogen) atoms. The highest BCUT2D eigenvalue weighted by Crippen LogP contribution is 2.35. The molecule has 0 radical (unpaired) electrons. The minimum atomic E-state index is -0.705. The van der Waals surface area contributed by atoms with Crippen LogP contribution in [0.4, 0.5) is 5.69 Å². The van der Waals surface area contributed by atoms with Crippen molar-refractivity contribution in [2.75, 3.05) is 0 Å². The van der Waals surface area contributed by atoms with Crippen molar-refractivity contribution in [3.63, 3.8) is 0 Å². The SMILES string of the molecule is C[C@H]1CCc2c(sc3nc(/C=C/c4ccc([O-])c([N+](=O)[O-])c4)[nH]c(=O)c23)C1. The van der Waals surface area contributed by atoms with Crippen molar-refractivity contribution >= 4 is 39.4 Å². The number of fused-ring (bicyclic) bond motifs is 3. The average molecular weight is 382 g/mol. The van der Waals surface area contributed by atoms with Gasteiger partial charge >= 0.3 is 0 Å². The van der Waals surface area contributed by atoms with Gasteiger partial charge in [-0.05, 0) is 48.1 Å². The molecule has 3 aromatic rings. The molecular weight excluding hydrogens is 366 g/mol. The van der Waals surface area contributed by atoms with E-state index in [1.165, 1.54) is 17.0 Å². The highest BCUT2D eigenvalue weighted by Gasteiger charge is 2.22. The van der Waals surface area contributed by atoms with Crippen molar-refractivity contribution in [3.05, 3.63) is 60.5 Å². The molecule has 1 aliphatic rings. The molecule has 8 heteroatoms. The fraction of sp³-hybridized carbons (Fsp3) is 0.263. The molecule has 2 heterocycles. The second kappa shape index (κ2) is 6.62. The Kier molecular flexibility index (Phi) is 4.27. The van der Waals surface area contributed by atoms with Crippen molar-refractivity contribution in [3.8, 4) is 5.75 Å². The summed E-state index contributed by atoms with van der Waals surface area (Å²) in [4.78, 5) is 32.0. The maximum Gasteiger partial charge on any atom is 0.262 e. The third-order valence-electron chi connectivity index (χ3n) is 4.80. The first kappa shape index (κ1) is 17.4. The zero-order chi connectivity index (χ0) is 19.1. The van der Waals surface area contributed by atoms with E-state index in [1.54, 1.807) is 23.5 Å². The van der Waals surface area contributed by atoms with Crippen LogP contribution in [-0.2, 0) is 12.8 Å². The molecule has 0 unspecified atom stereocenters. The Bertz CT molecular complexity index is 1150. The molecule has 0 saturated carbocycles. The number of nitrogens with zero attached hydrogens (tertiary/aromatic N) is 2. The monoisotopic (exact) mass is 382 g/mol. The summed E-state index contributed by atoms with van der Waals surface area (Å²) >= 11 is 1.57. The van der Waals surface area contributed by atoms with Crippen molar-refractivity contribution in [1.82, 2.24) is 9.97 Å². The van der Waals surface area contributed by atoms with E-state index in [9.17, 15) is 20.0 Å². The standard InChI is InChI=1S/C19H17N3O4S/c1-10-2-5-12-15(8-10)27-19-17(12)18(24)20-16(21-19)7-4-11-3-6-14(23)13(9-11)22(25)26/h3-4,6-7,9-10,23H,2,5,8H2,1H3,(H,20,21,24)/p-1/b7-4+/t10-/m0/s1. The number of benzene rings is 1. The summed E-state index contributed by atoms with van der Waals surface area (Å²) in [5.41, 5.74) is 0.976. The van der Waals surface area contributed by atoms with Crippen LogP contribution < -0.4 is 10.7 Å². The predicted octanol–water partition coefficient (Wildman–Crippen LogP) is 3.26. The second-order valence-corrected chi connectivity index (χ2v) is 7.88. The lowest BCUT2D eigenvalue weighted by atomic mass is 9.89. The molecule has 2 aromatic heterocycles. The first-order chi connectivity index (χ1) is 12.9. The largest absolute Gasteiger partial charge is 0.868 e. The van der Waals surface area contributed by atoms with E-state index in [0.29, 0.717) is 22.7 Å². The van der Waals surface area contributed by atoms with Crippen LogP contribution in [0.25, 0.3) is 22.4 Å². The first-order valence-corrected chi connectivity index (χ1v) is 9.42. The minimum Gasteiger partial charge on any atom is -0.868 e. The van der Waals surface area contributed by atoms with Gasteiger partial charge in [-0.3, -0.25) is 14.9 Å². The fourth-order valence-corrected chi connectivity index (χ4v) is 4.79. The number of nitrogens with one attached hydrogen (secondary N) is 1. The molecule has 0 spiro atoms. The van der Waals surface area contributed by atoms with Gasteiger partial charge in [0.25, 0.3) is 11.2 Å². The fourth-order valence-electron chi connectivity index (χ4n) is 3.40. The van der Waals surface area contributed by atoms with Crippen LogP contribution >= 0.6 is 11.3 Å². The predicted molar refractivity (Wildman–Crippen MR) is 103 cm³/mol. The van der Waals surface area contributed by atoms with Crippen molar-refractivity contribution in [2.24, 2.45) is 5.92 Å². The van der Waals surface area contributed by atoms with Crippen LogP contribution in [0.2, 0.25) is 0 Å². The van der Waals surface area contributed by atoms with Crippen LogP contribution in [0.5, 0.6) is 5.75 Å². The van der Waals surface area contributed by atoms with Crippen LogP contribution in [-0.4, -0.2) is 14.9 Å². The third kappa shape index (κ3) is 3.23. The Hall–Kier alpha value is -3.00. The molecule has 0 saturated heterocycles. The Morgan fingerprint density at radius 3 is 2.96 bits per heavy atom. The van der Waals surface area contributed by atoms with E-state index in [1.807, 2.05) is 0 Å². The first-order valence-electron chi connectivity index (χ1n) is 8.60. The van der Waals surface area contributed by atoms with Gasteiger partial charge < -0.3 is 10.1 Å². The quantitative estimate of drug-likeness (QED) is 0.552. The highest BCUT2D eigenvalue weighted by atomic mass is 32.1. The van der Waals surface area contributed by atoms with E-state index in [-0.39, 0.29) is 5.56 Å². The highest BCUT2D eigenvalue weighted by molar-refractivity contribution is 7.18. The van der Waals surface area contributed by atoms with Gasteiger partial charge in [-0.15, -0.1) is 11.3 Å². The van der Waals surface area contributed by atoms with E-state index in [2.05, 4.69) is 16.9 Å². The van der Waals surface area contributed by atoms with Crippen molar-refractivity contribution in [2.45, 2.75) is 26.2 Å². The van der Waals surface area contributed by atoms with Gasteiger partial charge in [0.15, 0.2) is 0 Å². The van der Waals surface area contributed by atoms with Gasteiger partial charge in [0.05, 0.1) is 10.3 Å². The Morgan fingerprint density at radius 1 is 1.37 bits per heavy atom. The number of rotatable bonds is 3. The summed E-state index contributed by atoms with van der Waals surface area (Å²) in [6, 6.07) is 3.86. The summed E-state index contributed by atoms with van der Waals surface area (Å²) in [5, 5.41) is 23.0. The topological polar surface area (TPSA) is 112 Å².